The summed E-state index contributed by atoms with van der Waals surface area (Å²) >= 11 is 1.50. The molecule has 0 fully saturated rings. The summed E-state index contributed by atoms with van der Waals surface area (Å²) in [7, 11) is 0. The second kappa shape index (κ2) is 7.08. The zero-order chi connectivity index (χ0) is 18.8. The van der Waals surface area contributed by atoms with Crippen LogP contribution in [-0.2, 0) is 0 Å². The summed E-state index contributed by atoms with van der Waals surface area (Å²) in [6.07, 6.45) is 0. The van der Waals surface area contributed by atoms with Crippen LogP contribution in [0, 0.1) is 0 Å². The number of hydrogen-bond acceptors (Lipinski definition) is 5. The topological polar surface area (TPSA) is 58.9 Å². The lowest BCUT2D eigenvalue weighted by atomic mass is 10.2. The fourth-order valence-corrected chi connectivity index (χ4v) is 2.95. The van der Waals surface area contributed by atoms with E-state index in [4.69, 9.17) is 9.47 Å². The Bertz CT molecular complexity index is 679. The van der Waals surface area contributed by atoms with Crippen LogP contribution in [0.15, 0.2) is 46.2 Å². The van der Waals surface area contributed by atoms with Crippen molar-refractivity contribution in [2.75, 3.05) is 0 Å². The number of benzene rings is 2. The van der Waals surface area contributed by atoms with Gasteiger partial charge in [0.15, 0.2) is 23.0 Å². The van der Waals surface area contributed by atoms with Gasteiger partial charge < -0.3 is 19.7 Å². The maximum absolute atomic E-state index is 9.99. The fourth-order valence-electron chi connectivity index (χ4n) is 2.08. The zero-order valence-corrected chi connectivity index (χ0v) is 16.4. The molecule has 0 aliphatic carbocycles. The predicted octanol–water partition coefficient (Wildman–Crippen LogP) is 5.60. The third-order valence-corrected chi connectivity index (χ3v) is 3.91. The van der Waals surface area contributed by atoms with Crippen molar-refractivity contribution in [3.63, 3.8) is 0 Å². The van der Waals surface area contributed by atoms with Crippen LogP contribution in [0.5, 0.6) is 23.0 Å². The molecule has 0 atom stereocenters. The van der Waals surface area contributed by atoms with Crippen LogP contribution in [0.25, 0.3) is 0 Å². The van der Waals surface area contributed by atoms with E-state index in [1.165, 1.54) is 11.8 Å². The average molecular weight is 362 g/mol. The first-order chi connectivity index (χ1) is 11.4. The lowest BCUT2D eigenvalue weighted by molar-refractivity contribution is 0.125. The maximum atomic E-state index is 9.99. The molecule has 25 heavy (non-hydrogen) atoms. The van der Waals surface area contributed by atoms with Crippen molar-refractivity contribution >= 4 is 11.8 Å². The molecule has 2 aromatic carbocycles. The van der Waals surface area contributed by atoms with Gasteiger partial charge in [-0.15, -0.1) is 0 Å². The molecule has 0 radical (unpaired) electrons. The van der Waals surface area contributed by atoms with Gasteiger partial charge >= 0.3 is 0 Å². The summed E-state index contributed by atoms with van der Waals surface area (Å²) < 4.78 is 11.6. The Morgan fingerprint density at radius 2 is 1.04 bits per heavy atom. The first-order valence-electron chi connectivity index (χ1n) is 8.15. The molecule has 0 spiro atoms. The highest BCUT2D eigenvalue weighted by molar-refractivity contribution is 7.99. The minimum Gasteiger partial charge on any atom is -0.504 e. The van der Waals surface area contributed by atoms with Crippen LogP contribution in [0.3, 0.4) is 0 Å². The van der Waals surface area contributed by atoms with Crippen LogP contribution < -0.4 is 9.47 Å². The third-order valence-electron chi connectivity index (χ3n) is 2.93. The maximum Gasteiger partial charge on any atom is 0.162 e. The Morgan fingerprint density at radius 3 is 1.36 bits per heavy atom. The minimum atomic E-state index is -0.396. The third kappa shape index (κ3) is 6.09. The Morgan fingerprint density at radius 1 is 0.680 bits per heavy atom. The molecule has 2 aromatic rings. The van der Waals surface area contributed by atoms with E-state index in [1.54, 1.807) is 12.1 Å². The number of hydrogen-bond donors (Lipinski definition) is 2. The van der Waals surface area contributed by atoms with E-state index < -0.39 is 11.2 Å². The Kier molecular flexibility index (Phi) is 5.47. The van der Waals surface area contributed by atoms with Gasteiger partial charge in [-0.2, -0.15) is 0 Å². The monoisotopic (exact) mass is 362 g/mol. The van der Waals surface area contributed by atoms with Gasteiger partial charge in [0.2, 0.25) is 0 Å². The summed E-state index contributed by atoms with van der Waals surface area (Å²) in [4.78, 5) is 1.84. The number of phenols is 2. The van der Waals surface area contributed by atoms with Gasteiger partial charge in [0.05, 0.1) is 0 Å². The molecule has 0 bridgehead atoms. The SMILES string of the molecule is CC(C)(C)Oc1cc(Sc2ccc(O)c(OC(C)(C)C)c2)ccc1O. The summed E-state index contributed by atoms with van der Waals surface area (Å²) in [6.45, 7) is 11.6. The number of ether oxygens (including phenoxy) is 2. The van der Waals surface area contributed by atoms with Crippen molar-refractivity contribution in [1.82, 2.24) is 0 Å². The Hall–Kier alpha value is -2.01. The smallest absolute Gasteiger partial charge is 0.162 e. The van der Waals surface area contributed by atoms with E-state index in [2.05, 4.69) is 0 Å². The first-order valence-corrected chi connectivity index (χ1v) is 8.96. The van der Waals surface area contributed by atoms with Gasteiger partial charge in [-0.25, -0.2) is 0 Å². The molecule has 4 nitrogen and oxygen atoms in total. The average Bonchev–Trinajstić information content (AvgIpc) is 2.43. The van der Waals surface area contributed by atoms with Crippen molar-refractivity contribution in [3.8, 4) is 23.0 Å². The normalized spacial score (nSPS) is 12.1. The lowest BCUT2D eigenvalue weighted by Crippen LogP contribution is -2.23. The minimum absolute atomic E-state index is 0.113. The van der Waals surface area contributed by atoms with Crippen LogP contribution in [0.2, 0.25) is 0 Å². The van der Waals surface area contributed by atoms with E-state index >= 15 is 0 Å². The first kappa shape index (κ1) is 19.3. The molecule has 0 aliphatic rings. The number of rotatable bonds is 4. The van der Waals surface area contributed by atoms with Crippen molar-refractivity contribution in [1.29, 1.82) is 0 Å². The van der Waals surface area contributed by atoms with E-state index in [0.29, 0.717) is 11.5 Å². The molecule has 0 saturated heterocycles. The molecular formula is C20H26O4S. The molecule has 0 saturated carbocycles. The van der Waals surface area contributed by atoms with Crippen molar-refractivity contribution in [3.05, 3.63) is 36.4 Å². The highest BCUT2D eigenvalue weighted by atomic mass is 32.2. The summed E-state index contributed by atoms with van der Waals surface area (Å²) in [5.41, 5.74) is -0.792. The molecule has 0 amide bonds. The molecule has 2 rings (SSSR count). The van der Waals surface area contributed by atoms with E-state index in [-0.39, 0.29) is 11.5 Å². The predicted molar refractivity (Wildman–Crippen MR) is 101 cm³/mol. The molecule has 136 valence electrons. The molecule has 0 aromatic heterocycles. The molecule has 0 heterocycles. The second-order valence-electron chi connectivity index (χ2n) is 7.79. The van der Waals surface area contributed by atoms with E-state index in [1.807, 2.05) is 65.8 Å². The fraction of sp³-hybridized carbons (Fsp3) is 0.400. The summed E-state index contributed by atoms with van der Waals surface area (Å²) in [5.74, 6) is 1.12. The van der Waals surface area contributed by atoms with Crippen molar-refractivity contribution in [2.24, 2.45) is 0 Å². The van der Waals surface area contributed by atoms with Gasteiger partial charge in [0.1, 0.15) is 11.2 Å². The van der Waals surface area contributed by atoms with Crippen LogP contribution in [0.4, 0.5) is 0 Å². The second-order valence-corrected chi connectivity index (χ2v) is 8.94. The summed E-state index contributed by atoms with van der Waals surface area (Å²) in [5, 5.41) is 20.0. The van der Waals surface area contributed by atoms with E-state index in [0.717, 1.165) is 9.79 Å². The summed E-state index contributed by atoms with van der Waals surface area (Å²) in [6, 6.07) is 10.5. The standard InChI is InChI=1S/C20H26O4S/c1-19(2,3)23-17-11-13(7-9-15(17)21)25-14-8-10-16(22)18(12-14)24-20(4,5)6/h7-12,21-22H,1-6H3. The lowest BCUT2D eigenvalue weighted by Gasteiger charge is -2.23. The number of phenolic OH excluding ortho intramolecular Hbond substituents is 2. The van der Waals surface area contributed by atoms with Crippen LogP contribution in [0.1, 0.15) is 41.5 Å². The quantitative estimate of drug-likeness (QED) is 0.741. The molecule has 5 heteroatoms. The molecule has 2 N–H and O–H groups in total. The molecular weight excluding hydrogens is 336 g/mol. The van der Waals surface area contributed by atoms with Crippen LogP contribution in [-0.4, -0.2) is 21.4 Å². The highest BCUT2D eigenvalue weighted by Gasteiger charge is 2.17. The van der Waals surface area contributed by atoms with Gasteiger partial charge in [0, 0.05) is 9.79 Å². The molecule has 0 unspecified atom stereocenters. The van der Waals surface area contributed by atoms with Crippen molar-refractivity contribution < 1.29 is 19.7 Å². The Labute approximate surface area is 153 Å². The van der Waals surface area contributed by atoms with Gasteiger partial charge in [-0.3, -0.25) is 0 Å². The molecule has 0 aliphatic heterocycles. The van der Waals surface area contributed by atoms with E-state index in [9.17, 15) is 10.2 Å². The van der Waals surface area contributed by atoms with Crippen molar-refractivity contribution in [2.45, 2.75) is 62.5 Å². The highest BCUT2D eigenvalue weighted by Crippen LogP contribution is 2.39. The van der Waals surface area contributed by atoms with Gasteiger partial charge in [0.25, 0.3) is 0 Å². The number of aromatic hydroxyl groups is 2. The zero-order valence-electron chi connectivity index (χ0n) is 15.6. The van der Waals surface area contributed by atoms with Crippen LogP contribution >= 0.6 is 11.8 Å². The van der Waals surface area contributed by atoms with Gasteiger partial charge in [-0.05, 0) is 77.9 Å². The van der Waals surface area contributed by atoms with Gasteiger partial charge in [-0.1, -0.05) is 11.8 Å². The Balaban J connectivity index is 2.25. The largest absolute Gasteiger partial charge is 0.504 e.